The number of amides is 1. The molecule has 1 aliphatic heterocycles. The highest BCUT2D eigenvalue weighted by Gasteiger charge is 2.12. The van der Waals surface area contributed by atoms with Crippen molar-refractivity contribution in [2.45, 2.75) is 6.42 Å². The van der Waals surface area contributed by atoms with E-state index in [-0.39, 0.29) is 5.91 Å². The lowest BCUT2D eigenvalue weighted by atomic mass is 10.2. The molecule has 0 saturated heterocycles. The molecule has 1 aromatic carbocycles. The predicted octanol–water partition coefficient (Wildman–Crippen LogP) is 2.28. The zero-order chi connectivity index (χ0) is 18.4. The highest BCUT2D eigenvalue weighted by Crippen LogP contribution is 2.33. The summed E-state index contributed by atoms with van der Waals surface area (Å²) in [6.45, 7) is 2.70. The molecule has 7 nitrogen and oxygen atoms in total. The molecule has 0 fully saturated rings. The summed E-state index contributed by atoms with van der Waals surface area (Å²) in [6, 6.07) is 9.22. The van der Waals surface area contributed by atoms with Gasteiger partial charge in [0.1, 0.15) is 18.9 Å². The van der Waals surface area contributed by atoms with Gasteiger partial charge in [-0.1, -0.05) is 0 Å². The zero-order valence-electron chi connectivity index (χ0n) is 15.1. The van der Waals surface area contributed by atoms with Crippen molar-refractivity contribution in [3.05, 3.63) is 42.2 Å². The number of ether oxygens (including phenoxy) is 2. The molecule has 138 valence electrons. The summed E-state index contributed by atoms with van der Waals surface area (Å²) in [4.78, 5) is 18.4. The average molecular weight is 356 g/mol. The molecule has 2 heterocycles. The lowest BCUT2D eigenvalue weighted by molar-refractivity contribution is 0.0947. The minimum atomic E-state index is -0.158. The summed E-state index contributed by atoms with van der Waals surface area (Å²) < 4.78 is 11.1. The van der Waals surface area contributed by atoms with Gasteiger partial charge in [-0.2, -0.15) is 0 Å². The van der Waals surface area contributed by atoms with Crippen LogP contribution in [0.5, 0.6) is 11.5 Å². The van der Waals surface area contributed by atoms with Gasteiger partial charge in [0.05, 0.1) is 11.9 Å². The van der Waals surface area contributed by atoms with Gasteiger partial charge in [0.25, 0.3) is 5.91 Å². The summed E-state index contributed by atoms with van der Waals surface area (Å²) in [6.07, 6.45) is 2.55. The number of anilines is 2. The van der Waals surface area contributed by atoms with E-state index in [1.165, 1.54) is 0 Å². The first-order chi connectivity index (χ1) is 12.6. The smallest absolute Gasteiger partial charge is 0.269 e. The number of rotatable bonds is 7. The van der Waals surface area contributed by atoms with Crippen LogP contribution in [0.1, 0.15) is 16.9 Å². The zero-order valence-corrected chi connectivity index (χ0v) is 15.1. The van der Waals surface area contributed by atoms with Gasteiger partial charge < -0.3 is 25.0 Å². The Balaban J connectivity index is 1.55. The van der Waals surface area contributed by atoms with Crippen LogP contribution >= 0.6 is 0 Å². The van der Waals surface area contributed by atoms with Crippen molar-refractivity contribution in [2.75, 3.05) is 45.7 Å². The van der Waals surface area contributed by atoms with E-state index in [2.05, 4.69) is 20.5 Å². The van der Waals surface area contributed by atoms with E-state index in [0.29, 0.717) is 25.5 Å². The van der Waals surface area contributed by atoms with E-state index in [0.717, 1.165) is 35.8 Å². The first-order valence-electron chi connectivity index (χ1n) is 8.67. The Morgan fingerprint density at radius 1 is 1.12 bits per heavy atom. The van der Waals surface area contributed by atoms with Crippen LogP contribution < -0.4 is 20.1 Å². The van der Waals surface area contributed by atoms with Gasteiger partial charge in [0.2, 0.25) is 0 Å². The minimum absolute atomic E-state index is 0.158. The van der Waals surface area contributed by atoms with Crippen LogP contribution in [0.4, 0.5) is 11.4 Å². The lowest BCUT2D eigenvalue weighted by Gasteiger charge is -2.19. The van der Waals surface area contributed by atoms with E-state index in [1.54, 1.807) is 12.3 Å². The van der Waals surface area contributed by atoms with Crippen molar-refractivity contribution in [1.82, 2.24) is 15.2 Å². The molecular weight excluding hydrogens is 332 g/mol. The number of benzene rings is 1. The van der Waals surface area contributed by atoms with Crippen molar-refractivity contribution < 1.29 is 14.3 Å². The molecule has 26 heavy (non-hydrogen) atoms. The van der Waals surface area contributed by atoms with Crippen LogP contribution in [0.3, 0.4) is 0 Å². The SMILES string of the molecule is CN(C)CCCNC(=O)c1ccc(Nc2ccc3c(c2)OCCO3)cn1. The van der Waals surface area contributed by atoms with Crippen LogP contribution in [-0.2, 0) is 0 Å². The van der Waals surface area contributed by atoms with Gasteiger partial charge in [-0.25, -0.2) is 4.98 Å². The fourth-order valence-corrected chi connectivity index (χ4v) is 2.58. The number of fused-ring (bicyclic) bond motifs is 1. The molecule has 0 aliphatic carbocycles. The summed E-state index contributed by atoms with van der Waals surface area (Å²) in [5.74, 6) is 1.32. The van der Waals surface area contributed by atoms with Crippen molar-refractivity contribution in [3.8, 4) is 11.5 Å². The van der Waals surface area contributed by atoms with Gasteiger partial charge in [0, 0.05) is 18.3 Å². The Hall–Kier alpha value is -2.80. The van der Waals surface area contributed by atoms with E-state index >= 15 is 0 Å². The molecule has 0 spiro atoms. The Kier molecular flexibility index (Phi) is 5.91. The molecule has 1 amide bonds. The van der Waals surface area contributed by atoms with Gasteiger partial charge >= 0.3 is 0 Å². The number of pyridine rings is 1. The molecule has 1 aliphatic rings. The first kappa shape index (κ1) is 18.0. The fraction of sp³-hybridized carbons (Fsp3) is 0.368. The average Bonchev–Trinajstić information content (AvgIpc) is 2.65. The summed E-state index contributed by atoms with van der Waals surface area (Å²) in [7, 11) is 4.02. The van der Waals surface area contributed by atoms with Crippen molar-refractivity contribution in [2.24, 2.45) is 0 Å². The monoisotopic (exact) mass is 356 g/mol. The van der Waals surface area contributed by atoms with E-state index in [1.807, 2.05) is 38.4 Å². The number of hydrogen-bond donors (Lipinski definition) is 2. The van der Waals surface area contributed by atoms with E-state index < -0.39 is 0 Å². The largest absolute Gasteiger partial charge is 0.486 e. The first-order valence-corrected chi connectivity index (χ1v) is 8.67. The Morgan fingerprint density at radius 3 is 2.62 bits per heavy atom. The Bertz CT molecular complexity index is 747. The normalized spacial score (nSPS) is 12.7. The number of nitrogens with one attached hydrogen (secondary N) is 2. The van der Waals surface area contributed by atoms with Crippen molar-refractivity contribution in [1.29, 1.82) is 0 Å². The number of carbonyl (C=O) groups is 1. The van der Waals surface area contributed by atoms with Crippen molar-refractivity contribution in [3.63, 3.8) is 0 Å². The highest BCUT2D eigenvalue weighted by molar-refractivity contribution is 5.92. The van der Waals surface area contributed by atoms with Crippen LogP contribution in [0.2, 0.25) is 0 Å². The molecule has 0 bridgehead atoms. The van der Waals surface area contributed by atoms with E-state index in [4.69, 9.17) is 9.47 Å². The summed E-state index contributed by atoms with van der Waals surface area (Å²) in [5, 5.41) is 6.13. The van der Waals surface area contributed by atoms with Gasteiger partial charge in [-0.05, 0) is 51.3 Å². The molecule has 7 heteroatoms. The standard InChI is InChI=1S/C19H24N4O3/c1-23(2)9-3-8-20-19(24)16-6-4-15(13-21-16)22-14-5-7-17-18(12-14)26-11-10-25-17/h4-7,12-13,22H,3,8-11H2,1-2H3,(H,20,24). The quantitative estimate of drug-likeness (QED) is 0.742. The molecule has 2 aromatic rings. The fourth-order valence-electron chi connectivity index (χ4n) is 2.58. The third-order valence-corrected chi connectivity index (χ3v) is 3.89. The molecular formula is C19H24N4O3. The van der Waals surface area contributed by atoms with Crippen LogP contribution in [0.25, 0.3) is 0 Å². The van der Waals surface area contributed by atoms with Crippen LogP contribution in [0, 0.1) is 0 Å². The molecule has 1 aromatic heterocycles. The molecule has 2 N–H and O–H groups in total. The highest BCUT2D eigenvalue weighted by atomic mass is 16.6. The second-order valence-electron chi connectivity index (χ2n) is 6.33. The minimum Gasteiger partial charge on any atom is -0.486 e. The topological polar surface area (TPSA) is 75.7 Å². The number of aromatic nitrogens is 1. The van der Waals surface area contributed by atoms with Gasteiger partial charge in [0.15, 0.2) is 11.5 Å². The maximum atomic E-state index is 12.1. The molecule has 0 radical (unpaired) electrons. The van der Waals surface area contributed by atoms with E-state index in [9.17, 15) is 4.79 Å². The summed E-state index contributed by atoms with van der Waals surface area (Å²) >= 11 is 0. The third kappa shape index (κ3) is 4.86. The number of carbonyl (C=O) groups excluding carboxylic acids is 1. The maximum absolute atomic E-state index is 12.1. The second-order valence-corrected chi connectivity index (χ2v) is 6.33. The lowest BCUT2D eigenvalue weighted by Crippen LogP contribution is -2.27. The van der Waals surface area contributed by atoms with Crippen molar-refractivity contribution >= 4 is 17.3 Å². The van der Waals surface area contributed by atoms with Crippen LogP contribution in [-0.4, -0.2) is 56.2 Å². The van der Waals surface area contributed by atoms with Gasteiger partial charge in [-0.15, -0.1) is 0 Å². The molecule has 3 rings (SSSR count). The number of nitrogens with zero attached hydrogens (tertiary/aromatic N) is 2. The second kappa shape index (κ2) is 8.53. The number of hydrogen-bond acceptors (Lipinski definition) is 6. The molecule has 0 unspecified atom stereocenters. The summed E-state index contributed by atoms with van der Waals surface area (Å²) in [5.41, 5.74) is 2.07. The Morgan fingerprint density at radius 2 is 1.88 bits per heavy atom. The third-order valence-electron chi connectivity index (χ3n) is 3.89. The maximum Gasteiger partial charge on any atom is 0.269 e. The van der Waals surface area contributed by atoms with Crippen LogP contribution in [0.15, 0.2) is 36.5 Å². The van der Waals surface area contributed by atoms with Gasteiger partial charge in [-0.3, -0.25) is 4.79 Å². The molecule has 0 saturated carbocycles. The molecule has 0 atom stereocenters. The Labute approximate surface area is 153 Å². The predicted molar refractivity (Wildman–Crippen MR) is 100 cm³/mol.